The molecule has 2 fully saturated rings. The highest BCUT2D eigenvalue weighted by atomic mass is 35.5. The summed E-state index contributed by atoms with van der Waals surface area (Å²) in [7, 11) is 0. The smallest absolute Gasteiger partial charge is 0.322 e. The molecule has 0 saturated carbocycles. The molecule has 1 aromatic rings. The summed E-state index contributed by atoms with van der Waals surface area (Å²) in [5, 5.41) is 5.58. The number of piperidine rings is 1. The van der Waals surface area contributed by atoms with Crippen molar-refractivity contribution >= 4 is 29.4 Å². The molecule has 2 aliphatic rings. The maximum Gasteiger partial charge on any atom is 0.322 e. The Hall–Kier alpha value is -2.08. The zero-order valence-corrected chi connectivity index (χ0v) is 15.8. The van der Waals surface area contributed by atoms with Gasteiger partial charge in [-0.05, 0) is 49.8 Å². The van der Waals surface area contributed by atoms with Crippen molar-refractivity contribution in [2.45, 2.75) is 44.6 Å². The number of hydrogen-bond acceptors (Lipinski definition) is 3. The molecular weight excluding hydrogens is 354 g/mol. The SMILES string of the molecule is CC(CC1(C)NC(=O)NC1=O)C(=O)N1CCC(c2ccc(Cl)cc2)CC1. The quantitative estimate of drug-likeness (QED) is 0.792. The Kier molecular flexibility index (Phi) is 5.23. The van der Waals surface area contributed by atoms with Crippen LogP contribution in [0.15, 0.2) is 24.3 Å². The topological polar surface area (TPSA) is 78.5 Å². The van der Waals surface area contributed by atoms with Crippen LogP contribution in [-0.4, -0.2) is 41.4 Å². The number of carbonyl (C=O) groups excluding carboxylic acids is 3. The third kappa shape index (κ3) is 3.85. The summed E-state index contributed by atoms with van der Waals surface area (Å²) in [5.74, 6) is -0.237. The van der Waals surface area contributed by atoms with Crippen molar-refractivity contribution in [3.8, 4) is 0 Å². The van der Waals surface area contributed by atoms with E-state index < -0.39 is 11.6 Å². The molecule has 2 N–H and O–H groups in total. The van der Waals surface area contributed by atoms with Gasteiger partial charge in [-0.15, -0.1) is 0 Å². The van der Waals surface area contributed by atoms with E-state index in [0.717, 1.165) is 17.9 Å². The van der Waals surface area contributed by atoms with Gasteiger partial charge < -0.3 is 10.2 Å². The second-order valence-corrected chi connectivity index (χ2v) is 7.93. The van der Waals surface area contributed by atoms with Gasteiger partial charge in [0.25, 0.3) is 5.91 Å². The number of rotatable bonds is 4. The number of imide groups is 1. The van der Waals surface area contributed by atoms with Crippen LogP contribution in [0.2, 0.25) is 5.02 Å². The fourth-order valence-corrected chi connectivity index (χ4v) is 4.03. The van der Waals surface area contributed by atoms with Gasteiger partial charge in [0.15, 0.2) is 0 Å². The Bertz CT molecular complexity index is 713. The number of urea groups is 1. The highest BCUT2D eigenvalue weighted by Gasteiger charge is 2.44. The standard InChI is InChI=1S/C19H24ClN3O3/c1-12(11-19(2)17(25)21-18(26)22-19)16(24)23-9-7-14(8-10-23)13-3-5-15(20)6-4-13/h3-6,12,14H,7-11H2,1-2H3,(H2,21,22,25,26). The number of nitrogens with zero attached hydrogens (tertiary/aromatic N) is 1. The molecule has 2 aliphatic heterocycles. The molecule has 3 rings (SSSR count). The molecular formula is C19H24ClN3O3. The van der Waals surface area contributed by atoms with E-state index in [1.807, 2.05) is 24.0 Å². The van der Waals surface area contributed by atoms with Crippen molar-refractivity contribution in [3.63, 3.8) is 0 Å². The Morgan fingerprint density at radius 2 is 1.88 bits per heavy atom. The van der Waals surface area contributed by atoms with Crippen molar-refractivity contribution in [1.82, 2.24) is 15.5 Å². The fourth-order valence-electron chi connectivity index (χ4n) is 3.90. The van der Waals surface area contributed by atoms with Crippen molar-refractivity contribution < 1.29 is 14.4 Å². The number of carbonyl (C=O) groups is 3. The lowest BCUT2D eigenvalue weighted by Crippen LogP contribution is -2.48. The van der Waals surface area contributed by atoms with Gasteiger partial charge in [-0.1, -0.05) is 30.7 Å². The first-order valence-electron chi connectivity index (χ1n) is 8.96. The van der Waals surface area contributed by atoms with Gasteiger partial charge in [0.05, 0.1) is 0 Å². The van der Waals surface area contributed by atoms with Gasteiger partial charge in [-0.25, -0.2) is 4.79 Å². The van der Waals surface area contributed by atoms with Gasteiger partial charge in [-0.2, -0.15) is 0 Å². The zero-order chi connectivity index (χ0) is 18.9. The maximum atomic E-state index is 12.8. The molecule has 140 valence electrons. The highest BCUT2D eigenvalue weighted by Crippen LogP contribution is 2.30. The van der Waals surface area contributed by atoms with Gasteiger partial charge in [-0.3, -0.25) is 14.9 Å². The number of likely N-dealkylation sites (tertiary alicyclic amines) is 1. The Morgan fingerprint density at radius 1 is 1.27 bits per heavy atom. The molecule has 0 radical (unpaired) electrons. The largest absolute Gasteiger partial charge is 0.342 e. The summed E-state index contributed by atoms with van der Waals surface area (Å²) < 4.78 is 0. The normalized spacial score (nSPS) is 25.0. The fraction of sp³-hybridized carbons (Fsp3) is 0.526. The predicted molar refractivity (Wildman–Crippen MR) is 98.9 cm³/mol. The van der Waals surface area contributed by atoms with Crippen LogP contribution < -0.4 is 10.6 Å². The van der Waals surface area contributed by atoms with Crippen molar-refractivity contribution in [3.05, 3.63) is 34.9 Å². The number of benzene rings is 1. The van der Waals surface area contributed by atoms with Gasteiger partial charge in [0.1, 0.15) is 5.54 Å². The van der Waals surface area contributed by atoms with E-state index >= 15 is 0 Å². The number of hydrogen-bond donors (Lipinski definition) is 2. The molecule has 0 aliphatic carbocycles. The van der Waals surface area contributed by atoms with Crippen molar-refractivity contribution in [2.75, 3.05) is 13.1 Å². The molecule has 1 aromatic carbocycles. The van der Waals surface area contributed by atoms with Crippen LogP contribution in [0, 0.1) is 5.92 Å². The summed E-state index contributed by atoms with van der Waals surface area (Å²) in [5.41, 5.74) is 0.237. The summed E-state index contributed by atoms with van der Waals surface area (Å²) in [6.07, 6.45) is 2.11. The van der Waals surface area contributed by atoms with E-state index in [0.29, 0.717) is 25.4 Å². The summed E-state index contributed by atoms with van der Waals surface area (Å²) in [4.78, 5) is 37.9. The average molecular weight is 378 g/mol. The average Bonchev–Trinajstić information content (AvgIpc) is 2.86. The summed E-state index contributed by atoms with van der Waals surface area (Å²) >= 11 is 5.94. The monoisotopic (exact) mass is 377 g/mol. The zero-order valence-electron chi connectivity index (χ0n) is 15.0. The van der Waals surface area contributed by atoms with E-state index in [1.165, 1.54) is 5.56 Å². The third-order valence-electron chi connectivity index (χ3n) is 5.40. The molecule has 6 nitrogen and oxygen atoms in total. The van der Waals surface area contributed by atoms with E-state index in [9.17, 15) is 14.4 Å². The molecule has 7 heteroatoms. The lowest BCUT2D eigenvalue weighted by molar-refractivity contribution is -0.137. The first-order valence-corrected chi connectivity index (χ1v) is 9.34. The minimum atomic E-state index is -1.02. The number of nitrogens with one attached hydrogen (secondary N) is 2. The van der Waals surface area contributed by atoms with Crippen LogP contribution >= 0.6 is 11.6 Å². The van der Waals surface area contributed by atoms with E-state index in [2.05, 4.69) is 22.8 Å². The lowest BCUT2D eigenvalue weighted by atomic mass is 9.87. The van der Waals surface area contributed by atoms with E-state index in [1.54, 1.807) is 6.92 Å². The molecule has 26 heavy (non-hydrogen) atoms. The second-order valence-electron chi connectivity index (χ2n) is 7.50. The molecule has 4 amide bonds. The Balaban J connectivity index is 1.55. The van der Waals surface area contributed by atoms with Crippen molar-refractivity contribution in [2.24, 2.45) is 5.92 Å². The molecule has 2 heterocycles. The minimum absolute atomic E-state index is 0.0368. The van der Waals surface area contributed by atoms with Crippen LogP contribution in [0.3, 0.4) is 0 Å². The summed E-state index contributed by atoms with van der Waals surface area (Å²) in [6, 6.07) is 7.40. The Morgan fingerprint density at radius 3 is 2.42 bits per heavy atom. The number of amides is 4. The Labute approximate surface area is 158 Å². The minimum Gasteiger partial charge on any atom is -0.342 e. The van der Waals surface area contributed by atoms with Gasteiger partial charge >= 0.3 is 6.03 Å². The molecule has 0 bridgehead atoms. The first kappa shape index (κ1) is 18.7. The highest BCUT2D eigenvalue weighted by molar-refractivity contribution is 6.30. The van der Waals surface area contributed by atoms with Crippen LogP contribution in [0.4, 0.5) is 4.79 Å². The third-order valence-corrected chi connectivity index (χ3v) is 5.65. The van der Waals surface area contributed by atoms with Crippen molar-refractivity contribution in [1.29, 1.82) is 0 Å². The van der Waals surface area contributed by atoms with Crippen LogP contribution in [0.25, 0.3) is 0 Å². The van der Waals surface area contributed by atoms with Gasteiger partial charge in [0.2, 0.25) is 5.91 Å². The molecule has 0 aromatic heterocycles. The first-order chi connectivity index (χ1) is 12.3. The molecule has 2 atom stereocenters. The predicted octanol–water partition coefficient (Wildman–Crippen LogP) is 2.67. The van der Waals surface area contributed by atoms with Crippen LogP contribution in [-0.2, 0) is 9.59 Å². The maximum absolute atomic E-state index is 12.8. The van der Waals surface area contributed by atoms with Gasteiger partial charge in [0, 0.05) is 24.0 Å². The molecule has 2 unspecified atom stereocenters. The van der Waals surface area contributed by atoms with Crippen LogP contribution in [0.1, 0.15) is 44.6 Å². The lowest BCUT2D eigenvalue weighted by Gasteiger charge is -2.35. The molecule has 2 saturated heterocycles. The van der Waals surface area contributed by atoms with Crippen LogP contribution in [0.5, 0.6) is 0 Å². The molecule has 0 spiro atoms. The second kappa shape index (κ2) is 7.27. The number of halogens is 1. The van der Waals surface area contributed by atoms with E-state index in [-0.39, 0.29) is 17.7 Å². The van der Waals surface area contributed by atoms with E-state index in [4.69, 9.17) is 11.6 Å². The summed E-state index contributed by atoms with van der Waals surface area (Å²) in [6.45, 7) is 4.87.